The van der Waals surface area contributed by atoms with Gasteiger partial charge in [-0.05, 0) is 45.0 Å². The van der Waals surface area contributed by atoms with E-state index in [1.54, 1.807) is 18.9 Å². The summed E-state index contributed by atoms with van der Waals surface area (Å²) in [7, 11) is 1.74. The fraction of sp³-hybridized carbons (Fsp3) is 0.588. The standard InChI is InChI=1S/C17H26N2O2S/c1-14(22-15-6-4-3-5-7-15)16(20)19-12-17(13-21-2)8-10-18-11-9-17/h3-7,14,18H,8-13H2,1-2H3,(H,19,20). The van der Waals surface area contributed by atoms with Crippen LogP contribution in [0.15, 0.2) is 35.2 Å². The van der Waals surface area contributed by atoms with E-state index in [2.05, 4.69) is 10.6 Å². The van der Waals surface area contributed by atoms with E-state index in [-0.39, 0.29) is 16.6 Å². The normalized spacial score (nSPS) is 18.6. The topological polar surface area (TPSA) is 50.4 Å². The van der Waals surface area contributed by atoms with Gasteiger partial charge < -0.3 is 15.4 Å². The average molecular weight is 322 g/mol. The molecule has 1 unspecified atom stereocenters. The monoisotopic (exact) mass is 322 g/mol. The van der Waals surface area contributed by atoms with Crippen LogP contribution in [-0.4, -0.2) is 44.5 Å². The quantitative estimate of drug-likeness (QED) is 0.756. The second kappa shape index (κ2) is 8.56. The van der Waals surface area contributed by atoms with E-state index in [4.69, 9.17) is 4.74 Å². The number of hydrogen-bond donors (Lipinski definition) is 2. The predicted octanol–water partition coefficient (Wildman–Crippen LogP) is 2.30. The molecule has 0 bridgehead atoms. The summed E-state index contributed by atoms with van der Waals surface area (Å²) in [4.78, 5) is 13.5. The number of carbonyl (C=O) groups excluding carboxylic acids is 1. The second-order valence-corrected chi connectivity index (χ2v) is 7.39. The molecular formula is C17H26N2O2S. The highest BCUT2D eigenvalue weighted by Gasteiger charge is 2.32. The van der Waals surface area contributed by atoms with Gasteiger partial charge in [0.25, 0.3) is 0 Å². The molecular weight excluding hydrogens is 296 g/mol. The van der Waals surface area contributed by atoms with E-state index in [1.807, 2.05) is 37.3 Å². The van der Waals surface area contributed by atoms with Gasteiger partial charge in [0.05, 0.1) is 11.9 Å². The first-order chi connectivity index (χ1) is 10.7. The Kier molecular flexibility index (Phi) is 6.73. The summed E-state index contributed by atoms with van der Waals surface area (Å²) >= 11 is 1.59. The fourth-order valence-electron chi connectivity index (χ4n) is 2.81. The first-order valence-corrected chi connectivity index (χ1v) is 8.72. The molecule has 1 fully saturated rings. The molecule has 0 aromatic heterocycles. The lowest BCUT2D eigenvalue weighted by molar-refractivity contribution is -0.121. The zero-order valence-electron chi connectivity index (χ0n) is 13.4. The minimum atomic E-state index is -0.0938. The number of rotatable bonds is 7. The maximum atomic E-state index is 12.3. The minimum absolute atomic E-state index is 0.0762. The van der Waals surface area contributed by atoms with Crippen LogP contribution in [0.4, 0.5) is 0 Å². The maximum absolute atomic E-state index is 12.3. The fourth-order valence-corrected chi connectivity index (χ4v) is 3.72. The third-order valence-corrected chi connectivity index (χ3v) is 5.29. The number of methoxy groups -OCH3 is 1. The molecule has 0 spiro atoms. The van der Waals surface area contributed by atoms with Crippen LogP contribution in [-0.2, 0) is 9.53 Å². The zero-order valence-corrected chi connectivity index (χ0v) is 14.2. The Bertz CT molecular complexity index is 455. The summed E-state index contributed by atoms with van der Waals surface area (Å²) < 4.78 is 5.39. The van der Waals surface area contributed by atoms with Gasteiger partial charge in [0.15, 0.2) is 0 Å². The Morgan fingerprint density at radius 2 is 2.05 bits per heavy atom. The summed E-state index contributed by atoms with van der Waals surface area (Å²) in [6, 6.07) is 10.0. The van der Waals surface area contributed by atoms with Crippen molar-refractivity contribution in [3.8, 4) is 0 Å². The summed E-state index contributed by atoms with van der Waals surface area (Å²) in [6.07, 6.45) is 2.09. The lowest BCUT2D eigenvalue weighted by Crippen LogP contribution is -2.48. The molecule has 1 aromatic rings. The zero-order chi connectivity index (χ0) is 15.8. The molecule has 2 N–H and O–H groups in total. The Hall–Kier alpha value is -1.04. The summed E-state index contributed by atoms with van der Waals surface area (Å²) in [5, 5.41) is 6.41. The van der Waals surface area contributed by atoms with Gasteiger partial charge in [-0.3, -0.25) is 4.79 Å². The molecule has 1 atom stereocenters. The smallest absolute Gasteiger partial charge is 0.233 e. The van der Waals surface area contributed by atoms with Crippen molar-refractivity contribution in [1.29, 1.82) is 0 Å². The van der Waals surface area contributed by atoms with Crippen molar-refractivity contribution < 1.29 is 9.53 Å². The molecule has 5 heteroatoms. The van der Waals surface area contributed by atoms with Crippen LogP contribution >= 0.6 is 11.8 Å². The maximum Gasteiger partial charge on any atom is 0.233 e. The van der Waals surface area contributed by atoms with E-state index in [0.29, 0.717) is 13.2 Å². The first kappa shape index (κ1) is 17.3. The molecule has 1 aliphatic heterocycles. The number of benzene rings is 1. The number of thioether (sulfide) groups is 1. The molecule has 122 valence electrons. The van der Waals surface area contributed by atoms with E-state index >= 15 is 0 Å². The molecule has 1 heterocycles. The van der Waals surface area contributed by atoms with Crippen LogP contribution in [0.2, 0.25) is 0 Å². The number of nitrogens with one attached hydrogen (secondary N) is 2. The van der Waals surface area contributed by atoms with Gasteiger partial charge in [-0.2, -0.15) is 0 Å². The molecule has 1 aromatic carbocycles. The Labute approximate surface area is 137 Å². The van der Waals surface area contributed by atoms with Gasteiger partial charge in [-0.1, -0.05) is 18.2 Å². The molecule has 4 nitrogen and oxygen atoms in total. The van der Waals surface area contributed by atoms with Crippen LogP contribution in [0.3, 0.4) is 0 Å². The van der Waals surface area contributed by atoms with Crippen LogP contribution in [0.1, 0.15) is 19.8 Å². The van der Waals surface area contributed by atoms with Crippen molar-refractivity contribution in [3.63, 3.8) is 0 Å². The highest BCUT2D eigenvalue weighted by Crippen LogP contribution is 2.29. The Morgan fingerprint density at radius 3 is 2.68 bits per heavy atom. The van der Waals surface area contributed by atoms with E-state index in [0.717, 1.165) is 30.8 Å². The molecule has 1 saturated heterocycles. The van der Waals surface area contributed by atoms with Gasteiger partial charge in [-0.15, -0.1) is 11.8 Å². The van der Waals surface area contributed by atoms with Gasteiger partial charge in [0.1, 0.15) is 0 Å². The summed E-state index contributed by atoms with van der Waals surface area (Å²) in [5.41, 5.74) is 0.0762. The summed E-state index contributed by atoms with van der Waals surface area (Å²) in [6.45, 7) is 5.34. The first-order valence-electron chi connectivity index (χ1n) is 7.84. The third kappa shape index (κ3) is 5.00. The molecule has 22 heavy (non-hydrogen) atoms. The van der Waals surface area contributed by atoms with Crippen molar-refractivity contribution >= 4 is 17.7 Å². The van der Waals surface area contributed by atoms with Gasteiger partial charge in [-0.25, -0.2) is 0 Å². The van der Waals surface area contributed by atoms with Crippen molar-refractivity contribution in [2.75, 3.05) is 33.4 Å². The lowest BCUT2D eigenvalue weighted by Gasteiger charge is -2.37. The van der Waals surface area contributed by atoms with E-state index < -0.39 is 0 Å². The summed E-state index contributed by atoms with van der Waals surface area (Å²) in [5.74, 6) is 0.0999. The van der Waals surface area contributed by atoms with Crippen LogP contribution in [0.25, 0.3) is 0 Å². The molecule has 0 aliphatic carbocycles. The van der Waals surface area contributed by atoms with Crippen LogP contribution in [0.5, 0.6) is 0 Å². The number of piperidine rings is 1. The van der Waals surface area contributed by atoms with E-state index in [9.17, 15) is 4.79 Å². The van der Waals surface area contributed by atoms with E-state index in [1.165, 1.54) is 0 Å². The number of amides is 1. The Balaban J connectivity index is 1.85. The largest absolute Gasteiger partial charge is 0.384 e. The average Bonchev–Trinajstić information content (AvgIpc) is 2.55. The van der Waals surface area contributed by atoms with Gasteiger partial charge in [0, 0.05) is 24.0 Å². The minimum Gasteiger partial charge on any atom is -0.384 e. The van der Waals surface area contributed by atoms with Gasteiger partial charge in [0.2, 0.25) is 5.91 Å². The number of ether oxygens (including phenoxy) is 1. The number of carbonyl (C=O) groups is 1. The third-order valence-electron chi connectivity index (χ3n) is 4.18. The Morgan fingerprint density at radius 1 is 1.36 bits per heavy atom. The highest BCUT2D eigenvalue weighted by molar-refractivity contribution is 8.00. The highest BCUT2D eigenvalue weighted by atomic mass is 32.2. The van der Waals surface area contributed by atoms with Crippen molar-refractivity contribution in [2.24, 2.45) is 5.41 Å². The van der Waals surface area contributed by atoms with Gasteiger partial charge >= 0.3 is 0 Å². The molecule has 1 amide bonds. The van der Waals surface area contributed by atoms with Crippen LogP contribution in [0, 0.1) is 5.41 Å². The molecule has 0 saturated carbocycles. The van der Waals surface area contributed by atoms with Crippen molar-refractivity contribution in [1.82, 2.24) is 10.6 Å². The predicted molar refractivity (Wildman–Crippen MR) is 91.2 cm³/mol. The second-order valence-electron chi connectivity index (χ2n) is 5.97. The molecule has 1 aliphatic rings. The number of hydrogen-bond acceptors (Lipinski definition) is 4. The van der Waals surface area contributed by atoms with Crippen molar-refractivity contribution in [2.45, 2.75) is 29.9 Å². The SMILES string of the molecule is COCC1(CNC(=O)C(C)Sc2ccccc2)CCNCC1. The van der Waals surface area contributed by atoms with Crippen LogP contribution < -0.4 is 10.6 Å². The lowest BCUT2D eigenvalue weighted by atomic mass is 9.79. The van der Waals surface area contributed by atoms with Crippen molar-refractivity contribution in [3.05, 3.63) is 30.3 Å². The molecule has 2 rings (SSSR count). The molecule has 0 radical (unpaired) electrons.